The van der Waals surface area contributed by atoms with Crippen LogP contribution >= 0.6 is 0 Å². The van der Waals surface area contributed by atoms with E-state index in [4.69, 9.17) is 14.4 Å². The van der Waals surface area contributed by atoms with Gasteiger partial charge in [0, 0.05) is 47.1 Å². The van der Waals surface area contributed by atoms with E-state index in [9.17, 15) is 4.79 Å². The van der Waals surface area contributed by atoms with Crippen molar-refractivity contribution in [2.24, 2.45) is 14.1 Å². The maximum absolute atomic E-state index is 12.6. The second-order valence-corrected chi connectivity index (χ2v) is 12.4. The quantitative estimate of drug-likeness (QED) is 0.189. The number of aromatic nitrogens is 4. The van der Waals surface area contributed by atoms with Crippen molar-refractivity contribution in [1.82, 2.24) is 19.1 Å². The van der Waals surface area contributed by atoms with Gasteiger partial charge in [0.05, 0.1) is 22.4 Å². The van der Waals surface area contributed by atoms with Crippen LogP contribution < -0.4 is 5.69 Å². The highest BCUT2D eigenvalue weighted by atomic mass is 16.3. The SMILES string of the molecule is Cn1c(=O)n(C)c2cc(-c3cccc(-c4cc(-c5ccc(-c6cccc7c6oc6ccccc67)cc5)nc(-c5ccccc5)n4)c3)ccc21. The molecular weight excluding hydrogens is 604 g/mol. The Morgan fingerprint density at radius 2 is 1.10 bits per heavy atom. The van der Waals surface area contributed by atoms with E-state index >= 15 is 0 Å². The second kappa shape index (κ2) is 11.3. The van der Waals surface area contributed by atoms with Crippen LogP contribution in [0.5, 0.6) is 0 Å². The zero-order valence-electron chi connectivity index (χ0n) is 27.0. The van der Waals surface area contributed by atoms with Crippen LogP contribution in [0.2, 0.25) is 0 Å². The fourth-order valence-corrected chi connectivity index (χ4v) is 6.80. The molecule has 9 rings (SSSR count). The monoisotopic (exact) mass is 634 g/mol. The van der Waals surface area contributed by atoms with E-state index in [-0.39, 0.29) is 5.69 Å². The van der Waals surface area contributed by atoms with Gasteiger partial charge in [-0.25, -0.2) is 14.8 Å². The van der Waals surface area contributed by atoms with Gasteiger partial charge in [0.1, 0.15) is 11.2 Å². The van der Waals surface area contributed by atoms with E-state index in [1.165, 1.54) is 0 Å². The number of nitrogens with zero attached hydrogens (tertiary/aromatic N) is 4. The lowest BCUT2D eigenvalue weighted by Crippen LogP contribution is -2.19. The van der Waals surface area contributed by atoms with E-state index in [1.54, 1.807) is 16.2 Å². The van der Waals surface area contributed by atoms with Crippen LogP contribution in [-0.4, -0.2) is 19.1 Å². The van der Waals surface area contributed by atoms with Crippen molar-refractivity contribution in [1.29, 1.82) is 0 Å². The largest absolute Gasteiger partial charge is 0.455 e. The normalized spacial score (nSPS) is 11.6. The summed E-state index contributed by atoms with van der Waals surface area (Å²) in [6.45, 7) is 0. The van der Waals surface area contributed by atoms with Crippen molar-refractivity contribution in [2.75, 3.05) is 0 Å². The van der Waals surface area contributed by atoms with Crippen molar-refractivity contribution in [3.05, 3.63) is 156 Å². The van der Waals surface area contributed by atoms with Gasteiger partial charge in [0.2, 0.25) is 0 Å². The van der Waals surface area contributed by atoms with Gasteiger partial charge in [-0.3, -0.25) is 9.13 Å². The Kier molecular flexibility index (Phi) is 6.62. The molecule has 0 aliphatic rings. The Balaban J connectivity index is 1.13. The lowest BCUT2D eigenvalue weighted by Gasteiger charge is -2.11. The van der Waals surface area contributed by atoms with Crippen molar-refractivity contribution >= 4 is 33.0 Å². The summed E-state index contributed by atoms with van der Waals surface area (Å²) in [4.78, 5) is 22.7. The molecule has 3 heterocycles. The number of benzene rings is 6. The molecule has 0 amide bonds. The third kappa shape index (κ3) is 4.85. The Morgan fingerprint density at radius 1 is 0.490 bits per heavy atom. The molecule has 0 bridgehead atoms. The maximum atomic E-state index is 12.6. The molecule has 0 aliphatic heterocycles. The fourth-order valence-electron chi connectivity index (χ4n) is 6.80. The molecule has 234 valence electrons. The number of imidazole rings is 1. The van der Waals surface area contributed by atoms with Crippen LogP contribution in [-0.2, 0) is 14.1 Å². The summed E-state index contributed by atoms with van der Waals surface area (Å²) in [6, 6.07) is 49.6. The van der Waals surface area contributed by atoms with Crippen LogP contribution in [0, 0.1) is 0 Å². The molecule has 6 aromatic carbocycles. The molecule has 0 saturated heterocycles. The number of hydrogen-bond donors (Lipinski definition) is 0. The molecule has 9 aromatic rings. The number of furan rings is 1. The first-order chi connectivity index (χ1) is 24.0. The Labute approximate surface area is 282 Å². The molecule has 3 aromatic heterocycles. The second-order valence-electron chi connectivity index (χ2n) is 12.4. The first-order valence-corrected chi connectivity index (χ1v) is 16.2. The molecule has 49 heavy (non-hydrogen) atoms. The Bertz CT molecular complexity index is 2750. The molecule has 6 heteroatoms. The van der Waals surface area contributed by atoms with E-state index in [1.807, 2.05) is 61.6 Å². The van der Waals surface area contributed by atoms with Crippen molar-refractivity contribution in [3.8, 4) is 56.2 Å². The van der Waals surface area contributed by atoms with E-state index in [0.29, 0.717) is 5.82 Å². The summed E-state index contributed by atoms with van der Waals surface area (Å²) in [5.74, 6) is 0.662. The summed E-state index contributed by atoms with van der Waals surface area (Å²) in [6.07, 6.45) is 0. The predicted octanol–water partition coefficient (Wildman–Crippen LogP) is 9.90. The van der Waals surface area contributed by atoms with Crippen molar-refractivity contribution < 1.29 is 4.42 Å². The van der Waals surface area contributed by atoms with Crippen LogP contribution in [0.15, 0.2) is 155 Å². The molecular formula is C43H30N4O2. The van der Waals surface area contributed by atoms with Gasteiger partial charge in [-0.05, 0) is 47.0 Å². The minimum absolute atomic E-state index is 0.0394. The van der Waals surface area contributed by atoms with Crippen molar-refractivity contribution in [2.45, 2.75) is 0 Å². The first-order valence-electron chi connectivity index (χ1n) is 16.2. The highest BCUT2D eigenvalue weighted by Gasteiger charge is 2.15. The van der Waals surface area contributed by atoms with Gasteiger partial charge in [0.25, 0.3) is 0 Å². The van der Waals surface area contributed by atoms with E-state index in [0.717, 1.165) is 83.3 Å². The summed E-state index contributed by atoms with van der Waals surface area (Å²) >= 11 is 0. The van der Waals surface area contributed by atoms with E-state index in [2.05, 4.69) is 91.0 Å². The fraction of sp³-hybridized carbons (Fsp3) is 0.0465. The minimum Gasteiger partial charge on any atom is -0.455 e. The van der Waals surface area contributed by atoms with E-state index < -0.39 is 0 Å². The molecule has 6 nitrogen and oxygen atoms in total. The zero-order chi connectivity index (χ0) is 33.1. The molecule has 0 saturated carbocycles. The topological polar surface area (TPSA) is 65.8 Å². The van der Waals surface area contributed by atoms with Crippen LogP contribution in [0.3, 0.4) is 0 Å². The Morgan fingerprint density at radius 3 is 1.94 bits per heavy atom. The lowest BCUT2D eigenvalue weighted by molar-refractivity contribution is 0.670. The van der Waals surface area contributed by atoms with Crippen LogP contribution in [0.1, 0.15) is 0 Å². The zero-order valence-corrected chi connectivity index (χ0v) is 27.0. The van der Waals surface area contributed by atoms with Gasteiger partial charge < -0.3 is 4.42 Å². The third-order valence-electron chi connectivity index (χ3n) is 9.42. The number of hydrogen-bond acceptors (Lipinski definition) is 4. The predicted molar refractivity (Wildman–Crippen MR) is 198 cm³/mol. The maximum Gasteiger partial charge on any atom is 0.328 e. The minimum atomic E-state index is -0.0394. The molecule has 0 radical (unpaired) electrons. The van der Waals surface area contributed by atoms with Gasteiger partial charge in [-0.15, -0.1) is 0 Å². The molecule has 0 N–H and O–H groups in total. The summed E-state index contributed by atoms with van der Waals surface area (Å²) in [5.41, 5.74) is 12.3. The highest BCUT2D eigenvalue weighted by molar-refractivity contribution is 6.09. The van der Waals surface area contributed by atoms with Crippen molar-refractivity contribution in [3.63, 3.8) is 0 Å². The average molecular weight is 635 g/mol. The number of rotatable bonds is 5. The van der Waals surface area contributed by atoms with Gasteiger partial charge in [-0.1, -0.05) is 115 Å². The first kappa shape index (κ1) is 28.7. The summed E-state index contributed by atoms with van der Waals surface area (Å²) in [5, 5.41) is 2.23. The third-order valence-corrected chi connectivity index (χ3v) is 9.42. The molecule has 0 aliphatic carbocycles. The standard InChI is InChI=1S/C43H30N4O2/c1-46-38-23-22-31(25-39(38)47(2)43(46)48)30-12-8-13-32(24-30)37-26-36(44-42(45-37)29-10-4-3-5-11-29)28-20-18-27(19-21-28)33-15-9-16-35-34-14-6-7-17-40(34)49-41(33)35/h3-26H,1-2H3. The highest BCUT2D eigenvalue weighted by Crippen LogP contribution is 2.37. The number of para-hydroxylation sites is 2. The van der Waals surface area contributed by atoms with Crippen LogP contribution in [0.4, 0.5) is 0 Å². The average Bonchev–Trinajstić information content (AvgIpc) is 3.65. The van der Waals surface area contributed by atoms with Crippen LogP contribution in [0.25, 0.3) is 89.1 Å². The number of fused-ring (bicyclic) bond motifs is 4. The molecule has 0 atom stereocenters. The molecule has 0 fully saturated rings. The Hall–Kier alpha value is -6.53. The van der Waals surface area contributed by atoms with Gasteiger partial charge in [-0.2, -0.15) is 0 Å². The van der Waals surface area contributed by atoms with Gasteiger partial charge >= 0.3 is 5.69 Å². The summed E-state index contributed by atoms with van der Waals surface area (Å²) in [7, 11) is 3.61. The number of aryl methyl sites for hydroxylation is 2. The lowest BCUT2D eigenvalue weighted by atomic mass is 9.98. The molecule has 0 unspecified atom stereocenters. The smallest absolute Gasteiger partial charge is 0.328 e. The molecule has 0 spiro atoms. The van der Waals surface area contributed by atoms with Gasteiger partial charge in [0.15, 0.2) is 5.82 Å². The summed E-state index contributed by atoms with van der Waals surface area (Å²) < 4.78 is 9.68.